The van der Waals surface area contributed by atoms with Crippen molar-refractivity contribution in [1.82, 2.24) is 0 Å². The van der Waals surface area contributed by atoms with E-state index in [0.717, 1.165) is 5.56 Å². The highest BCUT2D eigenvalue weighted by Crippen LogP contribution is 2.17. The Morgan fingerprint density at radius 3 is 2.37 bits per heavy atom. The van der Waals surface area contributed by atoms with Gasteiger partial charge in [0, 0.05) is 18.7 Å². The number of carbonyl (C=O) groups is 2. The van der Waals surface area contributed by atoms with E-state index in [1.807, 2.05) is 0 Å². The first-order valence-corrected chi connectivity index (χ1v) is 5.81. The predicted octanol–water partition coefficient (Wildman–Crippen LogP) is 2.02. The van der Waals surface area contributed by atoms with Gasteiger partial charge in [-0.15, -0.1) is 12.4 Å². The minimum Gasteiger partial charge on any atom is -0.466 e. The summed E-state index contributed by atoms with van der Waals surface area (Å²) >= 11 is 0. The van der Waals surface area contributed by atoms with Crippen molar-refractivity contribution in [3.05, 3.63) is 29.8 Å². The van der Waals surface area contributed by atoms with Crippen molar-refractivity contribution in [1.29, 1.82) is 0 Å². The molecule has 106 valence electrons. The maximum Gasteiger partial charge on any atom is 0.307 e. The van der Waals surface area contributed by atoms with Gasteiger partial charge in [0.05, 0.1) is 13.0 Å². The number of carbonyl (C=O) groups excluding carboxylic acids is 2. The van der Waals surface area contributed by atoms with E-state index in [1.54, 1.807) is 31.2 Å². The number of hydrogen-bond donors (Lipinski definition) is 2. The largest absolute Gasteiger partial charge is 0.466 e. The molecule has 1 amide bonds. The second-order valence-electron chi connectivity index (χ2n) is 3.92. The molecule has 0 spiro atoms. The van der Waals surface area contributed by atoms with E-state index in [4.69, 9.17) is 10.5 Å². The third-order valence-electron chi connectivity index (χ3n) is 2.35. The number of halogens is 1. The average molecular weight is 287 g/mol. The summed E-state index contributed by atoms with van der Waals surface area (Å²) < 4.78 is 4.83. The van der Waals surface area contributed by atoms with Gasteiger partial charge in [-0.3, -0.25) is 9.59 Å². The topological polar surface area (TPSA) is 81.4 Å². The maximum absolute atomic E-state index is 11.3. The van der Waals surface area contributed by atoms with Crippen molar-refractivity contribution in [2.75, 3.05) is 11.9 Å². The second kappa shape index (κ2) is 8.50. The molecular formula is C13H19ClN2O3. The van der Waals surface area contributed by atoms with E-state index in [9.17, 15) is 9.59 Å². The zero-order valence-corrected chi connectivity index (χ0v) is 11.8. The van der Waals surface area contributed by atoms with Gasteiger partial charge in [0.2, 0.25) is 5.91 Å². The number of nitrogens with one attached hydrogen (secondary N) is 1. The van der Waals surface area contributed by atoms with Gasteiger partial charge in [-0.2, -0.15) is 0 Å². The smallest absolute Gasteiger partial charge is 0.307 e. The molecule has 0 aliphatic rings. The SMILES string of the molecule is CCOC(=O)C[C@H](N)c1ccc(NC(C)=O)cc1.Cl. The quantitative estimate of drug-likeness (QED) is 0.812. The summed E-state index contributed by atoms with van der Waals surface area (Å²) in [6.45, 7) is 3.55. The van der Waals surface area contributed by atoms with Crippen LogP contribution in [0.1, 0.15) is 31.9 Å². The van der Waals surface area contributed by atoms with Gasteiger partial charge in [-0.25, -0.2) is 0 Å². The van der Waals surface area contributed by atoms with Gasteiger partial charge < -0.3 is 15.8 Å². The molecule has 0 fully saturated rings. The first-order valence-electron chi connectivity index (χ1n) is 5.81. The Morgan fingerprint density at radius 2 is 1.89 bits per heavy atom. The molecule has 6 heteroatoms. The van der Waals surface area contributed by atoms with Crippen LogP contribution in [0, 0.1) is 0 Å². The Hall–Kier alpha value is -1.59. The summed E-state index contributed by atoms with van der Waals surface area (Å²) in [4.78, 5) is 22.1. The highest BCUT2D eigenvalue weighted by molar-refractivity contribution is 5.88. The molecule has 0 aliphatic carbocycles. The molecule has 5 nitrogen and oxygen atoms in total. The number of anilines is 1. The number of ether oxygens (including phenoxy) is 1. The first-order chi connectivity index (χ1) is 8.52. The van der Waals surface area contributed by atoms with Crippen molar-refractivity contribution >= 4 is 30.0 Å². The minimum atomic E-state index is -0.393. The fourth-order valence-corrected chi connectivity index (χ4v) is 1.53. The van der Waals surface area contributed by atoms with Crippen LogP contribution in [-0.4, -0.2) is 18.5 Å². The van der Waals surface area contributed by atoms with E-state index in [0.29, 0.717) is 12.3 Å². The summed E-state index contributed by atoms with van der Waals surface area (Å²) in [6.07, 6.45) is 0.146. The number of amides is 1. The summed E-state index contributed by atoms with van der Waals surface area (Å²) in [7, 11) is 0. The third-order valence-corrected chi connectivity index (χ3v) is 2.35. The van der Waals surface area contributed by atoms with Crippen LogP contribution < -0.4 is 11.1 Å². The molecule has 1 aromatic rings. The Morgan fingerprint density at radius 1 is 1.32 bits per heavy atom. The molecule has 0 saturated carbocycles. The summed E-state index contributed by atoms with van der Waals surface area (Å²) in [6, 6.07) is 6.68. The van der Waals surface area contributed by atoms with Crippen LogP contribution in [0.5, 0.6) is 0 Å². The molecule has 0 radical (unpaired) electrons. The monoisotopic (exact) mass is 286 g/mol. The second-order valence-corrected chi connectivity index (χ2v) is 3.92. The van der Waals surface area contributed by atoms with Crippen LogP contribution in [0.3, 0.4) is 0 Å². The predicted molar refractivity (Wildman–Crippen MR) is 76.2 cm³/mol. The van der Waals surface area contributed by atoms with E-state index in [-0.39, 0.29) is 30.7 Å². The molecule has 0 bridgehead atoms. The summed E-state index contributed by atoms with van der Waals surface area (Å²) in [5.74, 6) is -0.436. The third kappa shape index (κ3) is 6.22. The normalized spacial score (nSPS) is 11.1. The average Bonchev–Trinajstić information content (AvgIpc) is 2.29. The zero-order valence-electron chi connectivity index (χ0n) is 11.0. The van der Waals surface area contributed by atoms with Crippen molar-refractivity contribution in [2.24, 2.45) is 5.73 Å². The summed E-state index contributed by atoms with van der Waals surface area (Å²) in [5.41, 5.74) is 7.42. The lowest BCUT2D eigenvalue weighted by Crippen LogP contribution is -2.17. The molecular weight excluding hydrogens is 268 g/mol. The molecule has 0 aliphatic heterocycles. The van der Waals surface area contributed by atoms with Crippen molar-refractivity contribution in [3.8, 4) is 0 Å². The standard InChI is InChI=1S/C13H18N2O3.ClH/c1-3-18-13(17)8-12(14)10-4-6-11(7-5-10)15-9(2)16;/h4-7,12H,3,8,14H2,1-2H3,(H,15,16);1H/t12-;/m0./s1. The van der Waals surface area contributed by atoms with Crippen LogP contribution in [0.2, 0.25) is 0 Å². The fraction of sp³-hybridized carbons (Fsp3) is 0.385. The van der Waals surface area contributed by atoms with E-state index >= 15 is 0 Å². The molecule has 0 saturated heterocycles. The van der Waals surface area contributed by atoms with Crippen LogP contribution >= 0.6 is 12.4 Å². The van der Waals surface area contributed by atoms with Crippen molar-refractivity contribution in [2.45, 2.75) is 26.3 Å². The lowest BCUT2D eigenvalue weighted by Gasteiger charge is -2.12. The molecule has 19 heavy (non-hydrogen) atoms. The van der Waals surface area contributed by atoms with Crippen LogP contribution in [0.15, 0.2) is 24.3 Å². The molecule has 0 heterocycles. The fourth-order valence-electron chi connectivity index (χ4n) is 1.53. The number of nitrogens with two attached hydrogens (primary N) is 1. The Labute approximate surface area is 118 Å². The van der Waals surface area contributed by atoms with Gasteiger partial charge in [0.1, 0.15) is 0 Å². The number of hydrogen-bond acceptors (Lipinski definition) is 4. The number of rotatable bonds is 5. The Bertz CT molecular complexity index is 420. The van der Waals surface area contributed by atoms with Crippen LogP contribution in [0.4, 0.5) is 5.69 Å². The minimum absolute atomic E-state index is 0. The van der Waals surface area contributed by atoms with E-state index in [1.165, 1.54) is 6.92 Å². The highest BCUT2D eigenvalue weighted by Gasteiger charge is 2.12. The molecule has 0 aromatic heterocycles. The maximum atomic E-state index is 11.3. The van der Waals surface area contributed by atoms with Gasteiger partial charge in [0.25, 0.3) is 0 Å². The lowest BCUT2D eigenvalue weighted by molar-refractivity contribution is -0.143. The van der Waals surface area contributed by atoms with Gasteiger partial charge in [0.15, 0.2) is 0 Å². The van der Waals surface area contributed by atoms with Gasteiger partial charge >= 0.3 is 5.97 Å². The van der Waals surface area contributed by atoms with Gasteiger partial charge in [-0.05, 0) is 24.6 Å². The Balaban J connectivity index is 0.00000324. The molecule has 1 aromatic carbocycles. The molecule has 1 rings (SSSR count). The van der Waals surface area contributed by atoms with E-state index < -0.39 is 6.04 Å². The first kappa shape index (κ1) is 17.4. The van der Waals surface area contributed by atoms with E-state index in [2.05, 4.69) is 5.32 Å². The zero-order chi connectivity index (χ0) is 13.5. The van der Waals surface area contributed by atoms with Crippen molar-refractivity contribution < 1.29 is 14.3 Å². The highest BCUT2D eigenvalue weighted by atomic mass is 35.5. The Kier molecular flexibility index (Phi) is 7.79. The van der Waals surface area contributed by atoms with Gasteiger partial charge in [-0.1, -0.05) is 12.1 Å². The molecule has 1 atom stereocenters. The number of benzene rings is 1. The molecule has 0 unspecified atom stereocenters. The summed E-state index contributed by atoms with van der Waals surface area (Å²) in [5, 5.41) is 2.66. The lowest BCUT2D eigenvalue weighted by atomic mass is 10.0. The van der Waals surface area contributed by atoms with Crippen molar-refractivity contribution in [3.63, 3.8) is 0 Å². The molecule has 3 N–H and O–H groups in total. The van der Waals surface area contributed by atoms with Crippen LogP contribution in [0.25, 0.3) is 0 Å². The van der Waals surface area contributed by atoms with Crippen LogP contribution in [-0.2, 0) is 14.3 Å². The number of esters is 1.